The van der Waals surface area contributed by atoms with Gasteiger partial charge in [0.25, 0.3) is 5.91 Å². The molecule has 6 nitrogen and oxygen atoms in total. The standard InChI is InChI=1S/C20H22N2O4/c1-4-8-14-11-15(12-16(25-2)18(14)26-3)20(24)22-17(19(21)23)13-9-6-5-7-10-13/h4-12,17H,1-3H3,(H2,21,23)(H,22,24). The van der Waals surface area contributed by atoms with Crippen molar-refractivity contribution < 1.29 is 19.1 Å². The molecule has 0 spiro atoms. The molecule has 136 valence electrons. The maximum absolute atomic E-state index is 12.7. The minimum atomic E-state index is -0.929. The van der Waals surface area contributed by atoms with Crippen LogP contribution in [0.15, 0.2) is 48.5 Å². The quantitative estimate of drug-likeness (QED) is 0.800. The van der Waals surface area contributed by atoms with Crippen LogP contribution in [-0.2, 0) is 4.79 Å². The third kappa shape index (κ3) is 4.22. The number of amides is 2. The van der Waals surface area contributed by atoms with Crippen molar-refractivity contribution in [1.82, 2.24) is 5.32 Å². The Morgan fingerprint density at radius 1 is 1.12 bits per heavy atom. The van der Waals surface area contributed by atoms with Crippen LogP contribution >= 0.6 is 0 Å². The van der Waals surface area contributed by atoms with Gasteiger partial charge in [-0.05, 0) is 24.6 Å². The van der Waals surface area contributed by atoms with E-state index in [1.165, 1.54) is 14.2 Å². The van der Waals surface area contributed by atoms with E-state index in [-0.39, 0.29) is 0 Å². The molecule has 0 aliphatic carbocycles. The summed E-state index contributed by atoms with van der Waals surface area (Å²) in [5, 5.41) is 2.67. The monoisotopic (exact) mass is 354 g/mol. The van der Waals surface area contributed by atoms with Crippen LogP contribution in [0.4, 0.5) is 0 Å². The van der Waals surface area contributed by atoms with Gasteiger partial charge in [0.05, 0.1) is 14.2 Å². The van der Waals surface area contributed by atoms with E-state index in [1.54, 1.807) is 42.5 Å². The van der Waals surface area contributed by atoms with Gasteiger partial charge in [-0.1, -0.05) is 42.5 Å². The van der Waals surface area contributed by atoms with Gasteiger partial charge in [-0.3, -0.25) is 9.59 Å². The smallest absolute Gasteiger partial charge is 0.252 e. The van der Waals surface area contributed by atoms with E-state index in [4.69, 9.17) is 15.2 Å². The number of rotatable bonds is 7. The molecule has 0 saturated carbocycles. The van der Waals surface area contributed by atoms with Crippen LogP contribution in [0.2, 0.25) is 0 Å². The van der Waals surface area contributed by atoms with Crippen LogP contribution < -0.4 is 20.5 Å². The largest absolute Gasteiger partial charge is 0.493 e. The summed E-state index contributed by atoms with van der Waals surface area (Å²) in [7, 11) is 3.03. The van der Waals surface area contributed by atoms with Gasteiger partial charge in [-0.25, -0.2) is 0 Å². The Bertz CT molecular complexity index is 816. The molecule has 0 aliphatic heterocycles. The average molecular weight is 354 g/mol. The van der Waals surface area contributed by atoms with Gasteiger partial charge in [0.2, 0.25) is 5.91 Å². The second-order valence-electron chi connectivity index (χ2n) is 5.52. The molecule has 3 N–H and O–H groups in total. The van der Waals surface area contributed by atoms with Crippen LogP contribution in [-0.4, -0.2) is 26.0 Å². The Balaban J connectivity index is 2.39. The number of methoxy groups -OCH3 is 2. The van der Waals surface area contributed by atoms with Crippen molar-refractivity contribution >= 4 is 17.9 Å². The number of hydrogen-bond donors (Lipinski definition) is 2. The normalized spacial score (nSPS) is 11.8. The number of nitrogens with two attached hydrogens (primary N) is 1. The van der Waals surface area contributed by atoms with Crippen molar-refractivity contribution in [2.24, 2.45) is 5.73 Å². The Kier molecular flexibility index (Phi) is 6.38. The van der Waals surface area contributed by atoms with Gasteiger partial charge < -0.3 is 20.5 Å². The summed E-state index contributed by atoms with van der Waals surface area (Å²) in [4.78, 5) is 24.5. The maximum atomic E-state index is 12.7. The first-order chi connectivity index (χ1) is 12.5. The number of benzene rings is 2. The summed E-state index contributed by atoms with van der Waals surface area (Å²) in [6.45, 7) is 1.86. The number of ether oxygens (including phenoxy) is 2. The number of hydrogen-bond acceptors (Lipinski definition) is 4. The molecule has 0 aliphatic rings. The van der Waals surface area contributed by atoms with Crippen molar-refractivity contribution in [3.63, 3.8) is 0 Å². The highest BCUT2D eigenvalue weighted by molar-refractivity contribution is 5.98. The number of allylic oxidation sites excluding steroid dienone is 1. The third-order valence-electron chi connectivity index (χ3n) is 3.81. The molecule has 2 rings (SSSR count). The summed E-state index contributed by atoms with van der Waals surface area (Å²) in [6.07, 6.45) is 3.63. The Morgan fingerprint density at radius 3 is 2.35 bits per heavy atom. The summed E-state index contributed by atoms with van der Waals surface area (Å²) in [5.74, 6) is -0.136. The predicted octanol–water partition coefficient (Wildman–Crippen LogP) is 2.69. The van der Waals surface area contributed by atoms with Crippen molar-refractivity contribution in [3.8, 4) is 11.5 Å². The number of carbonyl (C=O) groups excluding carboxylic acids is 2. The lowest BCUT2D eigenvalue weighted by atomic mass is 10.0. The molecule has 2 amide bonds. The molecule has 0 saturated heterocycles. The van der Waals surface area contributed by atoms with Gasteiger partial charge >= 0.3 is 0 Å². The molecule has 1 unspecified atom stereocenters. The van der Waals surface area contributed by atoms with Crippen molar-refractivity contribution in [2.75, 3.05) is 14.2 Å². The number of nitrogens with one attached hydrogen (secondary N) is 1. The topological polar surface area (TPSA) is 90.7 Å². The van der Waals surface area contributed by atoms with Crippen LogP contribution in [0.3, 0.4) is 0 Å². The molecule has 2 aromatic carbocycles. The average Bonchev–Trinajstić information content (AvgIpc) is 2.65. The minimum Gasteiger partial charge on any atom is -0.493 e. The molecule has 2 aromatic rings. The van der Waals surface area contributed by atoms with Crippen LogP contribution in [0, 0.1) is 0 Å². The maximum Gasteiger partial charge on any atom is 0.252 e. The van der Waals surface area contributed by atoms with E-state index in [0.29, 0.717) is 28.2 Å². The minimum absolute atomic E-state index is 0.331. The second kappa shape index (κ2) is 8.71. The zero-order valence-electron chi connectivity index (χ0n) is 15.0. The van der Waals surface area contributed by atoms with Crippen LogP contribution in [0.1, 0.15) is 34.5 Å². The van der Waals surface area contributed by atoms with E-state index in [1.807, 2.05) is 19.1 Å². The highest BCUT2D eigenvalue weighted by Gasteiger charge is 2.22. The lowest BCUT2D eigenvalue weighted by molar-refractivity contribution is -0.120. The van der Waals surface area contributed by atoms with E-state index in [9.17, 15) is 9.59 Å². The van der Waals surface area contributed by atoms with E-state index >= 15 is 0 Å². The lowest BCUT2D eigenvalue weighted by Crippen LogP contribution is -2.37. The highest BCUT2D eigenvalue weighted by atomic mass is 16.5. The Hall–Kier alpha value is -3.28. The molecule has 0 radical (unpaired) electrons. The first kappa shape index (κ1) is 19.1. The molecular weight excluding hydrogens is 332 g/mol. The van der Waals surface area contributed by atoms with Crippen molar-refractivity contribution in [2.45, 2.75) is 13.0 Å². The summed E-state index contributed by atoms with van der Waals surface area (Å²) in [5.41, 5.74) is 7.10. The van der Waals surface area contributed by atoms with Crippen molar-refractivity contribution in [1.29, 1.82) is 0 Å². The Morgan fingerprint density at radius 2 is 1.81 bits per heavy atom. The summed E-state index contributed by atoms with van der Waals surface area (Å²) in [6, 6.07) is 11.1. The van der Waals surface area contributed by atoms with Gasteiger partial charge in [0, 0.05) is 11.1 Å². The van der Waals surface area contributed by atoms with E-state index in [0.717, 1.165) is 0 Å². The molecule has 26 heavy (non-hydrogen) atoms. The van der Waals surface area contributed by atoms with Gasteiger partial charge in [0.1, 0.15) is 6.04 Å². The number of primary amides is 1. The van der Waals surface area contributed by atoms with E-state index in [2.05, 4.69) is 5.32 Å². The first-order valence-corrected chi connectivity index (χ1v) is 8.05. The third-order valence-corrected chi connectivity index (χ3v) is 3.81. The summed E-state index contributed by atoms with van der Waals surface area (Å²) < 4.78 is 10.7. The SMILES string of the molecule is CC=Cc1cc(C(=O)NC(C(N)=O)c2ccccc2)cc(OC)c1OC. The number of carbonyl (C=O) groups is 2. The van der Waals surface area contributed by atoms with Crippen LogP contribution in [0.25, 0.3) is 6.08 Å². The molecule has 6 heteroatoms. The van der Waals surface area contributed by atoms with Gasteiger partial charge in [-0.15, -0.1) is 0 Å². The zero-order chi connectivity index (χ0) is 19.1. The molecule has 0 heterocycles. The van der Waals surface area contributed by atoms with Gasteiger partial charge in [0.15, 0.2) is 11.5 Å². The van der Waals surface area contributed by atoms with Gasteiger partial charge in [-0.2, -0.15) is 0 Å². The predicted molar refractivity (Wildman–Crippen MR) is 100 cm³/mol. The zero-order valence-corrected chi connectivity index (χ0v) is 15.0. The lowest BCUT2D eigenvalue weighted by Gasteiger charge is -2.17. The molecule has 1 atom stereocenters. The molecular formula is C20H22N2O4. The fourth-order valence-corrected chi connectivity index (χ4v) is 2.61. The first-order valence-electron chi connectivity index (χ1n) is 8.05. The fraction of sp³-hybridized carbons (Fsp3) is 0.200. The molecule has 0 bridgehead atoms. The summed E-state index contributed by atoms with van der Waals surface area (Å²) >= 11 is 0. The fourth-order valence-electron chi connectivity index (χ4n) is 2.61. The molecule has 0 aromatic heterocycles. The van der Waals surface area contributed by atoms with Crippen LogP contribution in [0.5, 0.6) is 11.5 Å². The second-order valence-corrected chi connectivity index (χ2v) is 5.52. The van der Waals surface area contributed by atoms with E-state index < -0.39 is 17.9 Å². The molecule has 0 fully saturated rings. The highest BCUT2D eigenvalue weighted by Crippen LogP contribution is 2.33. The Labute approximate surface area is 152 Å². The van der Waals surface area contributed by atoms with Crippen molar-refractivity contribution in [3.05, 3.63) is 65.2 Å².